The van der Waals surface area contributed by atoms with Crippen LogP contribution in [0.15, 0.2) is 102 Å². The molecular formula is C30H32N2O7S. The fraction of sp³-hybridized carbons (Fsp3) is 0.200. The molecule has 9 nitrogen and oxygen atoms in total. The van der Waals surface area contributed by atoms with Crippen molar-refractivity contribution in [2.45, 2.75) is 36.5 Å². The monoisotopic (exact) mass is 564 g/mol. The molecule has 40 heavy (non-hydrogen) atoms. The average molecular weight is 565 g/mol. The number of phenolic OH excluding ortho intramolecular Hbond substituents is 3. The van der Waals surface area contributed by atoms with Crippen molar-refractivity contribution in [1.82, 2.24) is 5.32 Å². The number of nitrogens with one attached hydrogen (secondary N) is 2. The van der Waals surface area contributed by atoms with Gasteiger partial charge in [-0.15, -0.1) is 0 Å². The van der Waals surface area contributed by atoms with Crippen molar-refractivity contribution in [3.63, 3.8) is 0 Å². The Balaban J connectivity index is 1.46. The van der Waals surface area contributed by atoms with Gasteiger partial charge in [0, 0.05) is 12.0 Å². The van der Waals surface area contributed by atoms with Crippen LogP contribution in [0, 0.1) is 0 Å². The molecule has 0 saturated carbocycles. The van der Waals surface area contributed by atoms with Gasteiger partial charge in [0.05, 0.1) is 10.6 Å². The van der Waals surface area contributed by atoms with Crippen LogP contribution < -0.4 is 14.8 Å². The lowest BCUT2D eigenvalue weighted by atomic mass is 9.88. The fourth-order valence-electron chi connectivity index (χ4n) is 4.24. The SMILES string of the molecule is CC(O)C(NCCC(c1ccc(O)cc1)c1ccc(O)cc1)Oc1ccc(O)c(NS(=O)(=O)c2ccccc2)c1. The minimum atomic E-state index is -3.94. The maximum absolute atomic E-state index is 12.7. The predicted octanol–water partition coefficient (Wildman–Crippen LogP) is 4.50. The van der Waals surface area contributed by atoms with Crippen LogP contribution in [0.25, 0.3) is 0 Å². The van der Waals surface area contributed by atoms with Crippen LogP contribution in [0.2, 0.25) is 0 Å². The average Bonchev–Trinajstić information content (AvgIpc) is 2.94. The van der Waals surface area contributed by atoms with Gasteiger partial charge < -0.3 is 25.2 Å². The molecule has 2 atom stereocenters. The third-order valence-electron chi connectivity index (χ3n) is 6.34. The lowest BCUT2D eigenvalue weighted by molar-refractivity contribution is 0.0269. The highest BCUT2D eigenvalue weighted by atomic mass is 32.2. The van der Waals surface area contributed by atoms with Crippen molar-refractivity contribution in [2.24, 2.45) is 0 Å². The van der Waals surface area contributed by atoms with Crippen molar-refractivity contribution in [3.05, 3.63) is 108 Å². The van der Waals surface area contributed by atoms with Gasteiger partial charge in [0.15, 0.2) is 6.23 Å². The van der Waals surface area contributed by atoms with Crippen LogP contribution in [0.3, 0.4) is 0 Å². The molecule has 0 aliphatic heterocycles. The van der Waals surface area contributed by atoms with E-state index >= 15 is 0 Å². The van der Waals surface area contributed by atoms with Crippen molar-refractivity contribution in [1.29, 1.82) is 0 Å². The Hall–Kier alpha value is -4.25. The molecule has 210 valence electrons. The van der Waals surface area contributed by atoms with E-state index in [4.69, 9.17) is 4.74 Å². The summed E-state index contributed by atoms with van der Waals surface area (Å²) in [6, 6.07) is 25.7. The number of phenols is 3. The summed E-state index contributed by atoms with van der Waals surface area (Å²) in [4.78, 5) is 0.0426. The van der Waals surface area contributed by atoms with Crippen LogP contribution in [0.1, 0.15) is 30.4 Å². The van der Waals surface area contributed by atoms with Gasteiger partial charge in [-0.2, -0.15) is 0 Å². The topological polar surface area (TPSA) is 148 Å². The lowest BCUT2D eigenvalue weighted by Gasteiger charge is -2.25. The maximum atomic E-state index is 12.7. The summed E-state index contributed by atoms with van der Waals surface area (Å²) in [5.74, 6) is 0.201. The second-order valence-electron chi connectivity index (χ2n) is 9.36. The van der Waals surface area contributed by atoms with Crippen molar-refractivity contribution >= 4 is 15.7 Å². The van der Waals surface area contributed by atoms with E-state index in [1.165, 1.54) is 30.3 Å². The van der Waals surface area contributed by atoms with Gasteiger partial charge >= 0.3 is 0 Å². The summed E-state index contributed by atoms with van der Waals surface area (Å²) in [5.41, 5.74) is 1.87. The number of ether oxygens (including phenoxy) is 1. The zero-order valence-electron chi connectivity index (χ0n) is 21.8. The lowest BCUT2D eigenvalue weighted by Crippen LogP contribution is -2.43. The number of sulfonamides is 1. The third-order valence-corrected chi connectivity index (χ3v) is 7.72. The first-order valence-corrected chi connectivity index (χ1v) is 14.2. The number of hydrogen-bond donors (Lipinski definition) is 6. The number of hydrogen-bond acceptors (Lipinski definition) is 8. The standard InChI is InChI=1S/C30H32N2O7S/c1-20(33)30(31-18-17-27(21-7-11-23(34)12-8-21)22-9-13-24(35)14-10-22)39-25-15-16-29(36)28(19-25)32-40(37,38)26-5-3-2-4-6-26/h2-16,19-20,27,30-36H,17-18H2,1H3. The number of aliphatic hydroxyl groups excluding tert-OH is 1. The maximum Gasteiger partial charge on any atom is 0.262 e. The number of rotatable bonds is 12. The molecular weight excluding hydrogens is 532 g/mol. The molecule has 0 fully saturated rings. The molecule has 0 amide bonds. The molecule has 0 spiro atoms. The Kier molecular flexibility index (Phi) is 9.15. The van der Waals surface area contributed by atoms with Gasteiger partial charge in [0.25, 0.3) is 10.0 Å². The van der Waals surface area contributed by atoms with Gasteiger partial charge in [-0.3, -0.25) is 10.0 Å². The number of anilines is 1. The fourth-order valence-corrected chi connectivity index (χ4v) is 5.33. The molecule has 4 aromatic carbocycles. The highest BCUT2D eigenvalue weighted by Crippen LogP contribution is 2.32. The molecule has 0 aliphatic rings. The first-order valence-electron chi connectivity index (χ1n) is 12.7. The Morgan fingerprint density at radius 3 is 1.93 bits per heavy atom. The molecule has 10 heteroatoms. The van der Waals surface area contributed by atoms with E-state index < -0.39 is 22.4 Å². The van der Waals surface area contributed by atoms with Crippen molar-refractivity contribution < 1.29 is 33.6 Å². The summed E-state index contributed by atoms with van der Waals surface area (Å²) in [7, 11) is -3.94. The molecule has 4 aromatic rings. The quantitative estimate of drug-likeness (QED) is 0.109. The second-order valence-corrected chi connectivity index (χ2v) is 11.0. The summed E-state index contributed by atoms with van der Waals surface area (Å²) >= 11 is 0. The summed E-state index contributed by atoms with van der Waals surface area (Å²) < 4.78 is 33.8. The molecule has 0 aromatic heterocycles. The van der Waals surface area contributed by atoms with E-state index in [9.17, 15) is 28.8 Å². The molecule has 2 unspecified atom stereocenters. The summed E-state index contributed by atoms with van der Waals surface area (Å²) in [6.07, 6.45) is -1.18. The minimum absolute atomic E-state index is 0.0426. The van der Waals surface area contributed by atoms with Gasteiger partial charge in [-0.1, -0.05) is 42.5 Å². The second kappa shape index (κ2) is 12.7. The molecule has 0 aliphatic carbocycles. The van der Waals surface area contributed by atoms with Crippen LogP contribution in [0.5, 0.6) is 23.0 Å². The number of benzene rings is 4. The van der Waals surface area contributed by atoms with Gasteiger partial charge in [0.2, 0.25) is 0 Å². The molecule has 6 N–H and O–H groups in total. The zero-order chi connectivity index (χ0) is 28.7. The summed E-state index contributed by atoms with van der Waals surface area (Å²) in [5, 5.41) is 43.3. The largest absolute Gasteiger partial charge is 0.508 e. The Labute approximate surface area is 233 Å². The predicted molar refractivity (Wildman–Crippen MR) is 152 cm³/mol. The normalized spacial score (nSPS) is 13.1. The minimum Gasteiger partial charge on any atom is -0.508 e. The van der Waals surface area contributed by atoms with Crippen LogP contribution >= 0.6 is 0 Å². The third kappa shape index (κ3) is 7.44. The molecule has 0 bridgehead atoms. The van der Waals surface area contributed by atoms with Crippen LogP contribution in [-0.2, 0) is 10.0 Å². The molecule has 0 radical (unpaired) electrons. The van der Waals surface area contributed by atoms with Crippen LogP contribution in [-0.4, -0.2) is 47.7 Å². The zero-order valence-corrected chi connectivity index (χ0v) is 22.6. The van der Waals surface area contributed by atoms with Gasteiger partial charge in [-0.05, 0) is 79.5 Å². The van der Waals surface area contributed by atoms with E-state index in [0.29, 0.717) is 13.0 Å². The van der Waals surface area contributed by atoms with Gasteiger partial charge in [0.1, 0.15) is 29.1 Å². The van der Waals surface area contributed by atoms with Crippen molar-refractivity contribution in [2.75, 3.05) is 11.3 Å². The highest BCUT2D eigenvalue weighted by molar-refractivity contribution is 7.92. The van der Waals surface area contributed by atoms with E-state index in [1.54, 1.807) is 49.4 Å². The smallest absolute Gasteiger partial charge is 0.262 e. The van der Waals surface area contributed by atoms with E-state index in [-0.39, 0.29) is 39.5 Å². The highest BCUT2D eigenvalue weighted by Gasteiger charge is 2.21. The molecule has 0 saturated heterocycles. The van der Waals surface area contributed by atoms with Gasteiger partial charge in [-0.25, -0.2) is 8.42 Å². The van der Waals surface area contributed by atoms with E-state index in [1.807, 2.05) is 24.3 Å². The van der Waals surface area contributed by atoms with Crippen LogP contribution in [0.4, 0.5) is 5.69 Å². The first kappa shape index (κ1) is 28.8. The summed E-state index contributed by atoms with van der Waals surface area (Å²) in [6.45, 7) is 1.99. The Morgan fingerprint density at radius 2 is 1.38 bits per heavy atom. The number of aromatic hydroxyl groups is 3. The van der Waals surface area contributed by atoms with Crippen molar-refractivity contribution in [3.8, 4) is 23.0 Å². The molecule has 0 heterocycles. The Morgan fingerprint density at radius 1 is 0.800 bits per heavy atom. The number of aliphatic hydroxyl groups is 1. The molecule has 4 rings (SSSR count). The first-order chi connectivity index (χ1) is 19.1. The van der Waals surface area contributed by atoms with E-state index in [0.717, 1.165) is 11.1 Å². The Bertz CT molecular complexity index is 1450. The van der Waals surface area contributed by atoms with E-state index in [2.05, 4.69) is 10.0 Å².